The van der Waals surface area contributed by atoms with Crippen molar-refractivity contribution in [1.29, 1.82) is 0 Å². The van der Waals surface area contributed by atoms with Crippen LogP contribution in [0.3, 0.4) is 0 Å². The molecule has 0 radical (unpaired) electrons. The molecule has 1 fully saturated rings. The molecule has 22 heavy (non-hydrogen) atoms. The molecule has 0 aliphatic carbocycles. The van der Waals surface area contributed by atoms with Gasteiger partial charge in [0.05, 0.1) is 4.88 Å². The van der Waals surface area contributed by atoms with Crippen LogP contribution in [0.25, 0.3) is 10.4 Å². The molecule has 1 aliphatic heterocycles. The predicted molar refractivity (Wildman–Crippen MR) is 92.7 cm³/mol. The first-order chi connectivity index (χ1) is 10.6. The summed E-state index contributed by atoms with van der Waals surface area (Å²) in [6.45, 7) is 3.12. The lowest BCUT2D eigenvalue weighted by molar-refractivity contribution is 0.0930. The van der Waals surface area contributed by atoms with Crippen LogP contribution in [-0.2, 0) is 0 Å². The van der Waals surface area contributed by atoms with Crippen LogP contribution in [0.2, 0.25) is 5.02 Å². The first kappa shape index (κ1) is 15.5. The number of carbonyl (C=O) groups is 1. The molecule has 1 aromatic heterocycles. The smallest absolute Gasteiger partial charge is 0.261 e. The number of carbonyl (C=O) groups excluding carboxylic acids is 1. The van der Waals surface area contributed by atoms with E-state index in [1.165, 1.54) is 11.3 Å². The van der Waals surface area contributed by atoms with Gasteiger partial charge in [-0.1, -0.05) is 23.7 Å². The average molecular weight is 335 g/mol. The molecule has 1 aliphatic rings. The summed E-state index contributed by atoms with van der Waals surface area (Å²) in [7, 11) is 0. The molecule has 2 atom stereocenters. The van der Waals surface area contributed by atoms with E-state index >= 15 is 0 Å². The number of thiophene rings is 1. The fourth-order valence-electron chi connectivity index (χ4n) is 2.75. The number of hydrogen-bond acceptors (Lipinski definition) is 3. The van der Waals surface area contributed by atoms with Crippen LogP contribution in [0.1, 0.15) is 29.4 Å². The Hall–Kier alpha value is -1.36. The normalized spacial score (nSPS) is 21.5. The lowest BCUT2D eigenvalue weighted by Gasteiger charge is -2.28. The van der Waals surface area contributed by atoms with Crippen molar-refractivity contribution in [2.24, 2.45) is 0 Å². The monoisotopic (exact) mass is 334 g/mol. The topological polar surface area (TPSA) is 41.1 Å². The SMILES string of the molecule is CC1CC(NC(=O)c2ccc(-c3ccc(Cl)cc3)s2)CCN1. The Kier molecular flexibility index (Phi) is 4.81. The Balaban J connectivity index is 1.67. The van der Waals surface area contributed by atoms with E-state index < -0.39 is 0 Å². The Morgan fingerprint density at radius 3 is 2.77 bits per heavy atom. The molecule has 2 unspecified atom stereocenters. The molecule has 3 rings (SSSR count). The van der Waals surface area contributed by atoms with Crippen LogP contribution < -0.4 is 10.6 Å². The Labute approximate surface area is 139 Å². The Morgan fingerprint density at radius 1 is 1.27 bits per heavy atom. The van der Waals surface area contributed by atoms with Crippen molar-refractivity contribution in [2.45, 2.75) is 31.8 Å². The van der Waals surface area contributed by atoms with E-state index in [0.717, 1.165) is 39.7 Å². The quantitative estimate of drug-likeness (QED) is 0.892. The second-order valence-corrected chi connectivity index (χ2v) is 7.24. The standard InChI is InChI=1S/C17H19ClN2OS/c1-11-10-14(8-9-19-11)20-17(21)16-7-6-15(22-16)12-2-4-13(18)5-3-12/h2-7,11,14,19H,8-10H2,1H3,(H,20,21). The van der Waals surface area contributed by atoms with Gasteiger partial charge in [0, 0.05) is 22.0 Å². The van der Waals surface area contributed by atoms with Crippen molar-refractivity contribution in [3.8, 4) is 10.4 Å². The summed E-state index contributed by atoms with van der Waals surface area (Å²) in [4.78, 5) is 14.2. The summed E-state index contributed by atoms with van der Waals surface area (Å²) < 4.78 is 0. The highest BCUT2D eigenvalue weighted by molar-refractivity contribution is 7.17. The van der Waals surface area contributed by atoms with E-state index in [2.05, 4.69) is 17.6 Å². The third-order valence-electron chi connectivity index (χ3n) is 3.92. The van der Waals surface area contributed by atoms with Crippen LogP contribution in [0.15, 0.2) is 36.4 Å². The third kappa shape index (κ3) is 3.69. The first-order valence-corrected chi connectivity index (χ1v) is 8.71. The van der Waals surface area contributed by atoms with Gasteiger partial charge in [0.1, 0.15) is 0 Å². The minimum atomic E-state index is 0.0318. The molecule has 1 aromatic carbocycles. The maximum atomic E-state index is 12.4. The van der Waals surface area contributed by atoms with Gasteiger partial charge in [-0.15, -0.1) is 11.3 Å². The van der Waals surface area contributed by atoms with Gasteiger partial charge in [0.15, 0.2) is 0 Å². The Morgan fingerprint density at radius 2 is 2.05 bits per heavy atom. The van der Waals surface area contributed by atoms with Gasteiger partial charge < -0.3 is 10.6 Å². The highest BCUT2D eigenvalue weighted by Crippen LogP contribution is 2.29. The number of amides is 1. The second-order valence-electron chi connectivity index (χ2n) is 5.72. The van der Waals surface area contributed by atoms with Crippen LogP contribution in [0.5, 0.6) is 0 Å². The second kappa shape index (κ2) is 6.82. The summed E-state index contributed by atoms with van der Waals surface area (Å²) in [5.41, 5.74) is 1.09. The number of nitrogens with one attached hydrogen (secondary N) is 2. The van der Waals surface area contributed by atoms with Crippen LogP contribution in [0.4, 0.5) is 0 Å². The molecule has 0 bridgehead atoms. The third-order valence-corrected chi connectivity index (χ3v) is 5.30. The number of benzene rings is 1. The summed E-state index contributed by atoms with van der Waals surface area (Å²) in [5, 5.41) is 7.27. The fraction of sp³-hybridized carbons (Fsp3) is 0.353. The molecule has 1 saturated heterocycles. The summed E-state index contributed by atoms with van der Waals surface area (Å²) >= 11 is 7.43. The summed E-state index contributed by atoms with van der Waals surface area (Å²) in [6.07, 6.45) is 1.98. The molecule has 3 nitrogen and oxygen atoms in total. The highest BCUT2D eigenvalue weighted by Gasteiger charge is 2.21. The van der Waals surface area contributed by atoms with Crippen molar-refractivity contribution in [2.75, 3.05) is 6.54 Å². The van der Waals surface area contributed by atoms with E-state index in [0.29, 0.717) is 6.04 Å². The summed E-state index contributed by atoms with van der Waals surface area (Å²) in [6, 6.07) is 12.3. The van der Waals surface area contributed by atoms with E-state index in [4.69, 9.17) is 11.6 Å². The summed E-state index contributed by atoms with van der Waals surface area (Å²) in [5.74, 6) is 0.0318. The molecular weight excluding hydrogens is 316 g/mol. The van der Waals surface area contributed by atoms with E-state index in [9.17, 15) is 4.79 Å². The van der Waals surface area contributed by atoms with E-state index in [1.54, 1.807) is 0 Å². The molecule has 2 N–H and O–H groups in total. The fourth-order valence-corrected chi connectivity index (χ4v) is 3.79. The van der Waals surface area contributed by atoms with Crippen LogP contribution >= 0.6 is 22.9 Å². The van der Waals surface area contributed by atoms with E-state index in [1.807, 2.05) is 36.4 Å². The van der Waals surface area contributed by atoms with E-state index in [-0.39, 0.29) is 11.9 Å². The largest absolute Gasteiger partial charge is 0.349 e. The van der Waals surface area contributed by atoms with Gasteiger partial charge in [-0.05, 0) is 56.1 Å². The zero-order valence-corrected chi connectivity index (χ0v) is 14.0. The number of rotatable bonds is 3. The van der Waals surface area contributed by atoms with Crippen molar-refractivity contribution in [3.63, 3.8) is 0 Å². The molecule has 0 saturated carbocycles. The number of hydrogen-bond donors (Lipinski definition) is 2. The van der Waals surface area contributed by atoms with Crippen molar-refractivity contribution in [3.05, 3.63) is 46.3 Å². The van der Waals surface area contributed by atoms with Crippen LogP contribution in [0, 0.1) is 0 Å². The maximum Gasteiger partial charge on any atom is 0.261 e. The van der Waals surface area contributed by atoms with Crippen molar-refractivity contribution in [1.82, 2.24) is 10.6 Å². The minimum Gasteiger partial charge on any atom is -0.349 e. The van der Waals surface area contributed by atoms with Gasteiger partial charge in [0.25, 0.3) is 5.91 Å². The minimum absolute atomic E-state index is 0.0318. The van der Waals surface area contributed by atoms with Gasteiger partial charge in [-0.3, -0.25) is 4.79 Å². The molecule has 2 aromatic rings. The molecular formula is C17H19ClN2OS. The number of halogens is 1. The molecule has 5 heteroatoms. The average Bonchev–Trinajstić information content (AvgIpc) is 2.98. The zero-order chi connectivity index (χ0) is 15.5. The molecule has 116 valence electrons. The molecule has 1 amide bonds. The molecule has 2 heterocycles. The van der Waals surface area contributed by atoms with Gasteiger partial charge in [-0.2, -0.15) is 0 Å². The maximum absolute atomic E-state index is 12.4. The lowest BCUT2D eigenvalue weighted by Crippen LogP contribution is -2.46. The van der Waals surface area contributed by atoms with Crippen molar-refractivity contribution >= 4 is 28.8 Å². The highest BCUT2D eigenvalue weighted by atomic mass is 35.5. The van der Waals surface area contributed by atoms with Gasteiger partial charge >= 0.3 is 0 Å². The first-order valence-electron chi connectivity index (χ1n) is 7.52. The van der Waals surface area contributed by atoms with Crippen molar-refractivity contribution < 1.29 is 4.79 Å². The van der Waals surface area contributed by atoms with Gasteiger partial charge in [-0.25, -0.2) is 0 Å². The number of piperidine rings is 1. The zero-order valence-electron chi connectivity index (χ0n) is 12.4. The Bertz CT molecular complexity index is 653. The van der Waals surface area contributed by atoms with Crippen LogP contribution in [-0.4, -0.2) is 24.5 Å². The van der Waals surface area contributed by atoms with Gasteiger partial charge in [0.2, 0.25) is 0 Å². The molecule has 0 spiro atoms. The lowest BCUT2D eigenvalue weighted by atomic mass is 10.0. The predicted octanol–water partition coefficient (Wildman–Crippen LogP) is 3.94.